The third-order valence-electron chi connectivity index (χ3n) is 2.92. The largest absolute Gasteiger partial charge is 0.504 e. The zero-order valence-electron chi connectivity index (χ0n) is 11.2. The molecule has 0 unspecified atom stereocenters. The second kappa shape index (κ2) is 6.17. The number of phenolic OH excluding ortho intramolecular Hbond substituents is 1. The molecule has 3 aromatic rings. The van der Waals surface area contributed by atoms with Gasteiger partial charge in [0.05, 0.1) is 22.0 Å². The van der Waals surface area contributed by atoms with Crippen molar-refractivity contribution in [1.29, 1.82) is 0 Å². The van der Waals surface area contributed by atoms with Gasteiger partial charge in [0.1, 0.15) is 11.3 Å². The number of fused-ring (bicyclic) bond motifs is 1. The van der Waals surface area contributed by atoms with E-state index in [1.165, 1.54) is 6.07 Å². The van der Waals surface area contributed by atoms with Crippen LogP contribution < -0.4 is 5.43 Å². The third-order valence-corrected chi connectivity index (χ3v) is 3.52. The van der Waals surface area contributed by atoms with Crippen molar-refractivity contribution < 1.29 is 5.11 Å². The fourth-order valence-corrected chi connectivity index (χ4v) is 2.40. The van der Waals surface area contributed by atoms with Gasteiger partial charge in [0, 0.05) is 11.6 Å². The SMILES string of the molecule is Oc1c(Cl)cc(Cl)c2ccc(N/N=C\c3ccccn3)nc12. The summed E-state index contributed by atoms with van der Waals surface area (Å²) in [4.78, 5) is 8.38. The first-order valence-corrected chi connectivity index (χ1v) is 7.08. The monoisotopic (exact) mass is 332 g/mol. The minimum atomic E-state index is -0.113. The lowest BCUT2D eigenvalue weighted by Gasteiger charge is -2.06. The van der Waals surface area contributed by atoms with Crippen LogP contribution in [0.25, 0.3) is 10.9 Å². The summed E-state index contributed by atoms with van der Waals surface area (Å²) in [7, 11) is 0. The molecule has 7 heteroatoms. The molecule has 110 valence electrons. The topological polar surface area (TPSA) is 70.4 Å². The molecule has 2 aromatic heterocycles. The Morgan fingerprint density at radius 1 is 1.14 bits per heavy atom. The number of benzene rings is 1. The maximum Gasteiger partial charge on any atom is 0.160 e. The van der Waals surface area contributed by atoms with Crippen LogP contribution in [0.4, 0.5) is 5.82 Å². The second-order valence-corrected chi connectivity index (χ2v) is 5.22. The van der Waals surface area contributed by atoms with Crippen molar-refractivity contribution in [3.8, 4) is 5.75 Å². The Morgan fingerprint density at radius 2 is 2.00 bits per heavy atom. The van der Waals surface area contributed by atoms with Gasteiger partial charge in [0.2, 0.25) is 0 Å². The lowest BCUT2D eigenvalue weighted by atomic mass is 10.2. The third kappa shape index (κ3) is 2.95. The van der Waals surface area contributed by atoms with Crippen LogP contribution in [0.5, 0.6) is 5.75 Å². The van der Waals surface area contributed by atoms with E-state index in [9.17, 15) is 5.11 Å². The normalized spacial score (nSPS) is 11.2. The number of halogens is 2. The smallest absolute Gasteiger partial charge is 0.160 e. The number of nitrogens with one attached hydrogen (secondary N) is 1. The van der Waals surface area contributed by atoms with E-state index in [0.29, 0.717) is 27.4 Å². The lowest BCUT2D eigenvalue weighted by Crippen LogP contribution is -1.95. The molecule has 5 nitrogen and oxygen atoms in total. The van der Waals surface area contributed by atoms with E-state index >= 15 is 0 Å². The van der Waals surface area contributed by atoms with Crippen LogP contribution in [0.1, 0.15) is 5.69 Å². The van der Waals surface area contributed by atoms with Crippen LogP contribution in [0.15, 0.2) is 47.7 Å². The molecule has 2 N–H and O–H groups in total. The van der Waals surface area contributed by atoms with Crippen LogP contribution >= 0.6 is 23.2 Å². The van der Waals surface area contributed by atoms with Crippen LogP contribution in [0.2, 0.25) is 10.0 Å². The molecule has 0 bridgehead atoms. The maximum atomic E-state index is 9.98. The molecule has 0 aliphatic rings. The van der Waals surface area contributed by atoms with Crippen LogP contribution in [0, 0.1) is 0 Å². The minimum Gasteiger partial charge on any atom is -0.504 e. The molecule has 0 atom stereocenters. The number of hydrogen-bond acceptors (Lipinski definition) is 5. The lowest BCUT2D eigenvalue weighted by molar-refractivity contribution is 0.480. The fraction of sp³-hybridized carbons (Fsp3) is 0. The number of pyridine rings is 2. The van der Waals surface area contributed by atoms with Gasteiger partial charge in [-0.1, -0.05) is 29.3 Å². The molecule has 3 rings (SSSR count). The Bertz CT molecular complexity index is 853. The van der Waals surface area contributed by atoms with Gasteiger partial charge in [-0.25, -0.2) is 4.98 Å². The molecule has 0 saturated heterocycles. The summed E-state index contributed by atoms with van der Waals surface area (Å²) >= 11 is 12.0. The molecule has 22 heavy (non-hydrogen) atoms. The molecule has 0 aliphatic carbocycles. The molecular weight excluding hydrogens is 323 g/mol. The van der Waals surface area contributed by atoms with Gasteiger partial charge in [0.15, 0.2) is 5.75 Å². The number of hydrazone groups is 1. The van der Waals surface area contributed by atoms with Gasteiger partial charge in [-0.3, -0.25) is 10.4 Å². The number of rotatable bonds is 3. The summed E-state index contributed by atoms with van der Waals surface area (Å²) in [5, 5.41) is 15.2. The van der Waals surface area contributed by atoms with Crippen molar-refractivity contribution in [2.24, 2.45) is 5.10 Å². The predicted octanol–water partition coefficient (Wildman–Crippen LogP) is 4.09. The van der Waals surface area contributed by atoms with Gasteiger partial charge in [-0.05, 0) is 30.3 Å². The number of anilines is 1. The summed E-state index contributed by atoms with van der Waals surface area (Å²) in [5.41, 5.74) is 3.80. The summed E-state index contributed by atoms with van der Waals surface area (Å²) in [6.45, 7) is 0. The van der Waals surface area contributed by atoms with E-state index in [4.69, 9.17) is 23.2 Å². The molecular formula is C15H10Cl2N4O. The van der Waals surface area contributed by atoms with E-state index in [1.807, 2.05) is 18.2 Å². The van der Waals surface area contributed by atoms with Crippen LogP contribution in [-0.4, -0.2) is 21.3 Å². The zero-order chi connectivity index (χ0) is 15.5. The number of phenols is 1. The first kappa shape index (κ1) is 14.6. The number of aromatic hydroxyl groups is 1. The van der Waals surface area contributed by atoms with Gasteiger partial charge >= 0.3 is 0 Å². The van der Waals surface area contributed by atoms with Crippen LogP contribution in [0.3, 0.4) is 0 Å². The Balaban J connectivity index is 1.89. The molecule has 0 fully saturated rings. The minimum absolute atomic E-state index is 0.113. The Morgan fingerprint density at radius 3 is 2.77 bits per heavy atom. The van der Waals surface area contributed by atoms with Gasteiger partial charge in [-0.2, -0.15) is 5.10 Å². The van der Waals surface area contributed by atoms with Gasteiger partial charge in [0.25, 0.3) is 0 Å². The van der Waals surface area contributed by atoms with Crippen molar-refractivity contribution in [3.63, 3.8) is 0 Å². The van der Waals surface area contributed by atoms with Crippen LogP contribution in [-0.2, 0) is 0 Å². The van der Waals surface area contributed by atoms with E-state index in [2.05, 4.69) is 20.5 Å². The maximum absolute atomic E-state index is 9.98. The second-order valence-electron chi connectivity index (χ2n) is 4.41. The first-order valence-electron chi connectivity index (χ1n) is 6.33. The first-order chi connectivity index (χ1) is 10.6. The predicted molar refractivity (Wildman–Crippen MR) is 88.9 cm³/mol. The standard InChI is InChI=1S/C15H10Cl2N4O/c16-11-7-12(17)15(22)14-10(11)4-5-13(20-14)21-19-8-9-3-1-2-6-18-9/h1-8,22H,(H,20,21)/b19-8-. The van der Waals surface area contributed by atoms with Crippen molar-refractivity contribution >= 4 is 46.1 Å². The number of aromatic nitrogens is 2. The Kier molecular flexibility index (Phi) is 4.09. The number of nitrogens with zero attached hydrogens (tertiary/aromatic N) is 3. The quantitative estimate of drug-likeness (QED) is 0.559. The van der Waals surface area contributed by atoms with E-state index < -0.39 is 0 Å². The average Bonchev–Trinajstić information content (AvgIpc) is 2.54. The van der Waals surface area contributed by atoms with Gasteiger partial charge < -0.3 is 5.11 Å². The highest BCUT2D eigenvalue weighted by Gasteiger charge is 2.11. The molecule has 2 heterocycles. The highest BCUT2D eigenvalue weighted by atomic mass is 35.5. The molecule has 1 aromatic carbocycles. The van der Waals surface area contributed by atoms with E-state index in [1.54, 1.807) is 24.5 Å². The zero-order valence-corrected chi connectivity index (χ0v) is 12.7. The highest BCUT2D eigenvalue weighted by molar-refractivity contribution is 6.39. The van der Waals surface area contributed by atoms with Crippen molar-refractivity contribution in [1.82, 2.24) is 9.97 Å². The molecule has 0 amide bonds. The fourth-order valence-electron chi connectivity index (χ4n) is 1.88. The molecule has 0 saturated carbocycles. The Hall–Kier alpha value is -2.37. The number of hydrogen-bond donors (Lipinski definition) is 2. The highest BCUT2D eigenvalue weighted by Crippen LogP contribution is 2.36. The molecule has 0 spiro atoms. The summed E-state index contributed by atoms with van der Waals surface area (Å²) in [6, 6.07) is 10.4. The Labute approximate surface area is 136 Å². The van der Waals surface area contributed by atoms with E-state index in [0.717, 1.165) is 0 Å². The summed E-state index contributed by atoms with van der Waals surface area (Å²) < 4.78 is 0. The summed E-state index contributed by atoms with van der Waals surface area (Å²) in [5.74, 6) is 0.340. The summed E-state index contributed by atoms with van der Waals surface area (Å²) in [6.07, 6.45) is 3.24. The average molecular weight is 333 g/mol. The molecule has 0 aliphatic heterocycles. The molecule has 0 radical (unpaired) electrons. The van der Waals surface area contributed by atoms with Crippen molar-refractivity contribution in [2.45, 2.75) is 0 Å². The van der Waals surface area contributed by atoms with Gasteiger partial charge in [-0.15, -0.1) is 0 Å². The van der Waals surface area contributed by atoms with Crippen molar-refractivity contribution in [2.75, 3.05) is 5.43 Å². The van der Waals surface area contributed by atoms with Crippen molar-refractivity contribution in [3.05, 3.63) is 58.3 Å². The van der Waals surface area contributed by atoms with E-state index in [-0.39, 0.29) is 10.8 Å².